The average Bonchev–Trinajstić information content (AvgIpc) is 2.55. The molecule has 0 radical (unpaired) electrons. The van der Waals surface area contributed by atoms with Crippen LogP contribution in [0.15, 0.2) is 42.7 Å². The van der Waals surface area contributed by atoms with Crippen LogP contribution in [0, 0.1) is 0 Å². The van der Waals surface area contributed by atoms with Gasteiger partial charge < -0.3 is 0 Å². The number of aromatic nitrogens is 2. The molecule has 0 atom stereocenters. The summed E-state index contributed by atoms with van der Waals surface area (Å²) in [4.78, 5) is 8.95. The van der Waals surface area contributed by atoms with Crippen molar-refractivity contribution in [1.29, 1.82) is 0 Å². The van der Waals surface area contributed by atoms with Crippen molar-refractivity contribution in [1.82, 2.24) is 9.97 Å². The normalized spacial score (nSPS) is 10.7. The molecule has 2 heteroatoms. The van der Waals surface area contributed by atoms with E-state index in [2.05, 4.69) is 23.0 Å². The number of unbranched alkanes of at least 4 members (excludes halogenated alkanes) is 6. The second-order valence-electron chi connectivity index (χ2n) is 5.60. The van der Waals surface area contributed by atoms with Crippen LogP contribution in [0.4, 0.5) is 0 Å². The minimum Gasteiger partial charge on any atom is -0.255 e. The lowest BCUT2D eigenvalue weighted by Gasteiger charge is -2.07. The van der Waals surface area contributed by atoms with Gasteiger partial charge in [-0.1, -0.05) is 57.6 Å². The first kappa shape index (κ1) is 15.7. The number of pyridine rings is 2. The highest BCUT2D eigenvalue weighted by Gasteiger charge is 2.06. The van der Waals surface area contributed by atoms with Crippen LogP contribution in [-0.2, 0) is 6.42 Å². The SMILES string of the molecule is CCCCCCCCCc1cccnc1-c1ccccn1. The fourth-order valence-corrected chi connectivity index (χ4v) is 2.65. The van der Waals surface area contributed by atoms with Crippen molar-refractivity contribution in [2.45, 2.75) is 58.3 Å². The second-order valence-corrected chi connectivity index (χ2v) is 5.60. The molecule has 0 aromatic carbocycles. The van der Waals surface area contributed by atoms with Crippen molar-refractivity contribution in [2.24, 2.45) is 0 Å². The number of rotatable bonds is 9. The van der Waals surface area contributed by atoms with Crippen molar-refractivity contribution in [3.63, 3.8) is 0 Å². The van der Waals surface area contributed by atoms with Crippen LogP contribution >= 0.6 is 0 Å². The molecule has 0 unspecified atom stereocenters. The van der Waals surface area contributed by atoms with Gasteiger partial charge in [0, 0.05) is 12.4 Å². The van der Waals surface area contributed by atoms with Crippen molar-refractivity contribution in [3.8, 4) is 11.4 Å². The smallest absolute Gasteiger partial charge is 0.0918 e. The van der Waals surface area contributed by atoms with Gasteiger partial charge in [0.2, 0.25) is 0 Å². The topological polar surface area (TPSA) is 25.8 Å². The summed E-state index contributed by atoms with van der Waals surface area (Å²) in [7, 11) is 0. The Kier molecular flexibility index (Phi) is 6.93. The average molecular weight is 282 g/mol. The molecular weight excluding hydrogens is 256 g/mol. The third-order valence-corrected chi connectivity index (χ3v) is 3.85. The molecule has 0 amide bonds. The van der Waals surface area contributed by atoms with E-state index in [-0.39, 0.29) is 0 Å². The van der Waals surface area contributed by atoms with Crippen LogP contribution < -0.4 is 0 Å². The Morgan fingerprint density at radius 3 is 2.29 bits per heavy atom. The summed E-state index contributed by atoms with van der Waals surface area (Å²) >= 11 is 0. The quantitative estimate of drug-likeness (QED) is 0.572. The van der Waals surface area contributed by atoms with E-state index in [1.54, 1.807) is 0 Å². The number of aryl methyl sites for hydroxylation is 1. The fraction of sp³-hybridized carbons (Fsp3) is 0.474. The van der Waals surface area contributed by atoms with Gasteiger partial charge in [0.05, 0.1) is 11.4 Å². The summed E-state index contributed by atoms with van der Waals surface area (Å²) in [5, 5.41) is 0. The van der Waals surface area contributed by atoms with Crippen LogP contribution in [0.1, 0.15) is 57.4 Å². The zero-order chi connectivity index (χ0) is 14.8. The maximum Gasteiger partial charge on any atom is 0.0918 e. The second kappa shape index (κ2) is 9.28. The molecular formula is C19H26N2. The lowest BCUT2D eigenvalue weighted by Crippen LogP contribution is -1.95. The van der Waals surface area contributed by atoms with Crippen LogP contribution in [-0.4, -0.2) is 9.97 Å². The minimum absolute atomic E-state index is 0.982. The zero-order valence-corrected chi connectivity index (χ0v) is 13.1. The summed E-state index contributed by atoms with van der Waals surface area (Å²) < 4.78 is 0. The minimum atomic E-state index is 0.982. The van der Waals surface area contributed by atoms with Crippen molar-refractivity contribution in [3.05, 3.63) is 48.3 Å². The van der Waals surface area contributed by atoms with E-state index in [1.165, 1.54) is 50.5 Å². The third-order valence-electron chi connectivity index (χ3n) is 3.85. The molecule has 0 bridgehead atoms. The largest absolute Gasteiger partial charge is 0.255 e. The number of hydrogen-bond acceptors (Lipinski definition) is 2. The molecule has 0 N–H and O–H groups in total. The van der Waals surface area contributed by atoms with E-state index in [9.17, 15) is 0 Å². The van der Waals surface area contributed by atoms with Gasteiger partial charge in [-0.05, 0) is 36.6 Å². The molecule has 2 heterocycles. The summed E-state index contributed by atoms with van der Waals surface area (Å²) in [6.07, 6.45) is 14.2. The number of nitrogens with zero attached hydrogens (tertiary/aromatic N) is 2. The zero-order valence-electron chi connectivity index (χ0n) is 13.1. The molecule has 0 aliphatic carbocycles. The van der Waals surface area contributed by atoms with Crippen molar-refractivity contribution < 1.29 is 0 Å². The summed E-state index contributed by atoms with van der Waals surface area (Å²) in [6.45, 7) is 2.27. The molecule has 0 saturated heterocycles. The highest BCUT2D eigenvalue weighted by atomic mass is 14.8. The third kappa shape index (κ3) is 5.30. The molecule has 0 aliphatic rings. The molecule has 2 nitrogen and oxygen atoms in total. The Hall–Kier alpha value is -1.70. The van der Waals surface area contributed by atoms with E-state index in [1.807, 2.05) is 36.7 Å². The van der Waals surface area contributed by atoms with Crippen LogP contribution in [0.25, 0.3) is 11.4 Å². The van der Waals surface area contributed by atoms with E-state index >= 15 is 0 Å². The van der Waals surface area contributed by atoms with Crippen LogP contribution in [0.5, 0.6) is 0 Å². The molecule has 112 valence electrons. The molecule has 2 aromatic heterocycles. The van der Waals surface area contributed by atoms with E-state index in [0.717, 1.165) is 17.8 Å². The summed E-state index contributed by atoms with van der Waals surface area (Å²) in [5.74, 6) is 0. The van der Waals surface area contributed by atoms with Gasteiger partial charge in [-0.15, -0.1) is 0 Å². The predicted molar refractivity (Wildman–Crippen MR) is 89.2 cm³/mol. The molecule has 2 rings (SSSR count). The Labute approximate surface area is 128 Å². The number of hydrogen-bond donors (Lipinski definition) is 0. The lowest BCUT2D eigenvalue weighted by atomic mass is 10.0. The van der Waals surface area contributed by atoms with Gasteiger partial charge in [-0.3, -0.25) is 9.97 Å². The van der Waals surface area contributed by atoms with E-state index in [4.69, 9.17) is 0 Å². The first-order chi connectivity index (χ1) is 10.4. The maximum atomic E-state index is 4.53. The van der Waals surface area contributed by atoms with Gasteiger partial charge >= 0.3 is 0 Å². The Morgan fingerprint density at radius 1 is 0.762 bits per heavy atom. The molecule has 0 saturated carbocycles. The van der Waals surface area contributed by atoms with Gasteiger partial charge in [-0.2, -0.15) is 0 Å². The predicted octanol–water partition coefficient (Wildman–Crippen LogP) is 5.44. The monoisotopic (exact) mass is 282 g/mol. The fourth-order valence-electron chi connectivity index (χ4n) is 2.65. The van der Waals surface area contributed by atoms with Gasteiger partial charge in [-0.25, -0.2) is 0 Å². The van der Waals surface area contributed by atoms with Gasteiger partial charge in [0.1, 0.15) is 0 Å². The molecule has 2 aromatic rings. The highest BCUT2D eigenvalue weighted by molar-refractivity contribution is 5.58. The van der Waals surface area contributed by atoms with Gasteiger partial charge in [0.15, 0.2) is 0 Å². The van der Waals surface area contributed by atoms with E-state index < -0.39 is 0 Å². The van der Waals surface area contributed by atoms with Crippen molar-refractivity contribution >= 4 is 0 Å². The first-order valence-corrected chi connectivity index (χ1v) is 8.27. The van der Waals surface area contributed by atoms with Crippen LogP contribution in [0.3, 0.4) is 0 Å². The molecule has 0 aliphatic heterocycles. The Morgan fingerprint density at radius 2 is 1.52 bits per heavy atom. The maximum absolute atomic E-state index is 4.53. The molecule has 0 spiro atoms. The van der Waals surface area contributed by atoms with Gasteiger partial charge in [0.25, 0.3) is 0 Å². The van der Waals surface area contributed by atoms with E-state index in [0.29, 0.717) is 0 Å². The molecule has 0 fully saturated rings. The van der Waals surface area contributed by atoms with Crippen LogP contribution in [0.2, 0.25) is 0 Å². The standard InChI is InChI=1S/C19H26N2/c1-2-3-4-5-6-7-8-12-17-13-11-16-21-19(17)18-14-9-10-15-20-18/h9-11,13-16H,2-8,12H2,1H3. The Balaban J connectivity index is 1.84. The Bertz CT molecular complexity index is 508. The summed E-state index contributed by atoms with van der Waals surface area (Å²) in [6, 6.07) is 10.2. The lowest BCUT2D eigenvalue weighted by molar-refractivity contribution is 0.589. The molecule has 21 heavy (non-hydrogen) atoms. The first-order valence-electron chi connectivity index (χ1n) is 8.27. The highest BCUT2D eigenvalue weighted by Crippen LogP contribution is 2.20. The van der Waals surface area contributed by atoms with Crippen molar-refractivity contribution in [2.75, 3.05) is 0 Å². The summed E-state index contributed by atoms with van der Waals surface area (Å²) in [5.41, 5.74) is 3.35.